The predicted molar refractivity (Wildman–Crippen MR) is 154 cm³/mol. The average molecular weight is 522 g/mol. The lowest BCUT2D eigenvalue weighted by Crippen LogP contribution is -2.25. The van der Waals surface area contributed by atoms with Crippen molar-refractivity contribution < 1.29 is 9.18 Å². The number of nitrogens with one attached hydrogen (secondary N) is 4. The van der Waals surface area contributed by atoms with Gasteiger partial charge in [0.25, 0.3) is 0 Å². The van der Waals surface area contributed by atoms with E-state index in [9.17, 15) is 9.18 Å². The molecule has 0 saturated heterocycles. The predicted octanol–water partition coefficient (Wildman–Crippen LogP) is 6.18. The molecule has 196 valence electrons. The Morgan fingerprint density at radius 3 is 2.72 bits per heavy atom. The van der Waals surface area contributed by atoms with Gasteiger partial charge >= 0.3 is 0 Å². The molecule has 39 heavy (non-hydrogen) atoms. The van der Waals surface area contributed by atoms with Crippen LogP contribution in [-0.2, 0) is 4.79 Å². The molecule has 4 N–H and O–H groups in total. The lowest BCUT2D eigenvalue weighted by atomic mass is 9.99. The van der Waals surface area contributed by atoms with Gasteiger partial charge in [-0.1, -0.05) is 32.1 Å². The Balaban J connectivity index is 1.54. The van der Waals surface area contributed by atoms with Gasteiger partial charge in [0, 0.05) is 35.2 Å². The first-order valence-electron chi connectivity index (χ1n) is 12.5. The number of H-pyrrole nitrogens is 2. The summed E-state index contributed by atoms with van der Waals surface area (Å²) >= 11 is 0. The highest BCUT2D eigenvalue weighted by Gasteiger charge is 2.20. The van der Waals surface area contributed by atoms with Crippen LogP contribution in [0, 0.1) is 11.7 Å². The summed E-state index contributed by atoms with van der Waals surface area (Å²) in [6.07, 6.45) is 9.14. The van der Waals surface area contributed by atoms with Crippen molar-refractivity contribution in [2.75, 3.05) is 5.32 Å². The lowest BCUT2D eigenvalue weighted by Gasteiger charge is -2.09. The number of hydrogen-bond donors (Lipinski definition) is 4. The third-order valence-electron chi connectivity index (χ3n) is 6.26. The summed E-state index contributed by atoms with van der Waals surface area (Å²) in [6, 6.07) is 12.2. The minimum Gasteiger partial charge on any atom is -0.348 e. The number of pyridine rings is 1. The van der Waals surface area contributed by atoms with E-state index in [1.54, 1.807) is 18.3 Å². The Labute approximate surface area is 225 Å². The van der Waals surface area contributed by atoms with Gasteiger partial charge in [0.1, 0.15) is 22.8 Å². The van der Waals surface area contributed by atoms with E-state index in [1.165, 1.54) is 12.1 Å². The van der Waals surface area contributed by atoms with Crippen molar-refractivity contribution in [3.8, 4) is 11.4 Å². The fourth-order valence-electron chi connectivity index (χ4n) is 4.29. The van der Waals surface area contributed by atoms with E-state index >= 15 is 0 Å². The number of aromatic amines is 2. The van der Waals surface area contributed by atoms with E-state index in [2.05, 4.69) is 37.5 Å². The molecule has 1 aromatic carbocycles. The molecule has 1 amide bonds. The number of rotatable bonds is 7. The molecule has 1 aliphatic rings. The van der Waals surface area contributed by atoms with Crippen LogP contribution in [0.5, 0.6) is 0 Å². The van der Waals surface area contributed by atoms with Crippen LogP contribution in [0.2, 0.25) is 0 Å². The molecule has 8 nitrogen and oxygen atoms in total. The van der Waals surface area contributed by atoms with Gasteiger partial charge in [-0.3, -0.25) is 14.9 Å². The number of nitrogens with zero attached hydrogens (tertiary/aromatic N) is 3. The molecule has 0 saturated carbocycles. The van der Waals surface area contributed by atoms with Crippen LogP contribution in [0.4, 0.5) is 10.2 Å². The van der Waals surface area contributed by atoms with Gasteiger partial charge in [-0.15, -0.1) is 0 Å². The molecule has 0 fully saturated rings. The van der Waals surface area contributed by atoms with E-state index in [-0.39, 0.29) is 17.6 Å². The highest BCUT2D eigenvalue weighted by molar-refractivity contribution is 5.94. The van der Waals surface area contributed by atoms with E-state index in [0.29, 0.717) is 28.2 Å². The second kappa shape index (κ2) is 10.7. The number of aliphatic imine (C=N–C) groups is 1. The Morgan fingerprint density at radius 1 is 1.18 bits per heavy atom. The van der Waals surface area contributed by atoms with Crippen LogP contribution in [0.25, 0.3) is 33.6 Å². The maximum atomic E-state index is 13.6. The van der Waals surface area contributed by atoms with Crippen molar-refractivity contribution in [2.45, 2.75) is 20.8 Å². The number of benzene rings is 1. The largest absolute Gasteiger partial charge is 0.348 e. The van der Waals surface area contributed by atoms with Gasteiger partial charge < -0.3 is 15.6 Å². The van der Waals surface area contributed by atoms with E-state index < -0.39 is 0 Å². The maximum Gasteiger partial charge on any atom is 0.226 e. The second-order valence-corrected chi connectivity index (χ2v) is 9.47. The fourth-order valence-corrected chi connectivity index (χ4v) is 4.29. The standard InChI is InChI=1S/C30H28FN7O/c1-17(2)30(39)34-18(3)14-20(16-32-4)24-11-12-25-27(35-24)28(38-37-25)26-15-23-22(6-5-13-33-29(23)36-26)19-7-9-21(31)10-8-19/h5-17,33,36H,4H2,1-3H3,(H,34,39)(H,37,38)/b18-14+,20-16+. The fraction of sp³-hybridized carbons (Fsp3) is 0.133. The number of carbonyl (C=O) groups excluding carboxylic acids is 1. The van der Waals surface area contributed by atoms with Crippen LogP contribution in [0.15, 0.2) is 83.8 Å². The van der Waals surface area contributed by atoms with Gasteiger partial charge in [-0.05, 0) is 67.3 Å². The average Bonchev–Trinajstić information content (AvgIpc) is 3.47. The SMILES string of the molecule is C=N/C=C(\C=C(/C)NC(=O)C(C)C)c1ccc2[nH]nc(-c3cc4c([nH]3)NC=CC=C4c3ccc(F)cc3)c2n1. The summed E-state index contributed by atoms with van der Waals surface area (Å²) in [6.45, 7) is 9.08. The third kappa shape index (κ3) is 5.33. The zero-order chi connectivity index (χ0) is 27.5. The summed E-state index contributed by atoms with van der Waals surface area (Å²) in [7, 11) is 0. The van der Waals surface area contributed by atoms with Crippen LogP contribution in [-0.4, -0.2) is 32.8 Å². The molecule has 0 bridgehead atoms. The molecule has 4 aromatic rings. The maximum absolute atomic E-state index is 13.6. The molecule has 0 atom stereocenters. The number of fused-ring (bicyclic) bond motifs is 2. The molecule has 9 heteroatoms. The van der Waals surface area contributed by atoms with E-state index in [0.717, 1.165) is 33.7 Å². The Kier molecular flexibility index (Phi) is 7.05. The number of allylic oxidation sites excluding steroid dienone is 5. The summed E-state index contributed by atoms with van der Waals surface area (Å²) in [5.41, 5.74) is 7.59. The van der Waals surface area contributed by atoms with Crippen LogP contribution in [0.3, 0.4) is 0 Å². The zero-order valence-electron chi connectivity index (χ0n) is 21.8. The molecule has 0 spiro atoms. The minimum absolute atomic E-state index is 0.0702. The normalized spacial score (nSPS) is 13.6. The van der Waals surface area contributed by atoms with Crippen LogP contribution < -0.4 is 10.6 Å². The quantitative estimate of drug-likeness (QED) is 0.172. The number of aromatic nitrogens is 4. The summed E-state index contributed by atoms with van der Waals surface area (Å²) in [4.78, 5) is 24.4. The van der Waals surface area contributed by atoms with Crippen molar-refractivity contribution in [1.82, 2.24) is 25.5 Å². The highest BCUT2D eigenvalue weighted by Crippen LogP contribution is 2.36. The molecule has 1 aliphatic heterocycles. The van der Waals surface area contributed by atoms with Gasteiger partial charge in [0.2, 0.25) is 5.91 Å². The van der Waals surface area contributed by atoms with Crippen molar-refractivity contribution in [1.29, 1.82) is 0 Å². The molecule has 4 heterocycles. The third-order valence-corrected chi connectivity index (χ3v) is 6.26. The molecule has 0 radical (unpaired) electrons. The Hall–Kier alpha value is -5.05. The molecule has 0 unspecified atom stereocenters. The Bertz CT molecular complexity index is 1680. The van der Waals surface area contributed by atoms with Crippen molar-refractivity contribution in [2.24, 2.45) is 10.9 Å². The van der Waals surface area contributed by atoms with Crippen LogP contribution in [0.1, 0.15) is 37.6 Å². The molecular weight excluding hydrogens is 493 g/mol. The van der Waals surface area contributed by atoms with E-state index in [4.69, 9.17) is 4.98 Å². The minimum atomic E-state index is -0.283. The smallest absolute Gasteiger partial charge is 0.226 e. The first-order valence-corrected chi connectivity index (χ1v) is 12.5. The van der Waals surface area contributed by atoms with Crippen molar-refractivity contribution in [3.63, 3.8) is 0 Å². The summed E-state index contributed by atoms with van der Waals surface area (Å²) < 4.78 is 13.6. The number of amides is 1. The summed E-state index contributed by atoms with van der Waals surface area (Å²) in [5, 5.41) is 13.8. The zero-order valence-corrected chi connectivity index (χ0v) is 21.8. The number of carbonyl (C=O) groups is 1. The topological polar surface area (TPSA) is 111 Å². The monoisotopic (exact) mass is 521 g/mol. The number of halogens is 1. The van der Waals surface area contributed by atoms with E-state index in [1.807, 2.05) is 63.4 Å². The first kappa shape index (κ1) is 25.6. The van der Waals surface area contributed by atoms with Gasteiger partial charge in [0.05, 0.1) is 16.9 Å². The van der Waals surface area contributed by atoms with Crippen molar-refractivity contribution >= 4 is 40.6 Å². The van der Waals surface area contributed by atoms with Gasteiger partial charge in [0.15, 0.2) is 0 Å². The van der Waals surface area contributed by atoms with Crippen LogP contribution >= 0.6 is 0 Å². The number of anilines is 1. The first-order chi connectivity index (χ1) is 18.8. The molecule has 3 aromatic heterocycles. The van der Waals surface area contributed by atoms with Gasteiger partial charge in [-0.25, -0.2) is 9.37 Å². The Morgan fingerprint density at radius 2 is 1.97 bits per heavy atom. The molecule has 5 rings (SSSR count). The van der Waals surface area contributed by atoms with Crippen molar-refractivity contribution in [3.05, 3.63) is 101 Å². The molecular formula is C30H28FN7O. The number of hydrogen-bond acceptors (Lipinski definition) is 5. The summed E-state index contributed by atoms with van der Waals surface area (Å²) in [5.74, 6) is 0.297. The molecule has 0 aliphatic carbocycles. The second-order valence-electron chi connectivity index (χ2n) is 9.47. The lowest BCUT2D eigenvalue weighted by molar-refractivity contribution is -0.123. The highest BCUT2D eigenvalue weighted by atomic mass is 19.1. The van der Waals surface area contributed by atoms with Gasteiger partial charge in [-0.2, -0.15) is 5.10 Å².